The second-order valence-corrected chi connectivity index (χ2v) is 5.88. The Morgan fingerprint density at radius 1 is 1.33 bits per heavy atom. The molecule has 3 unspecified atom stereocenters. The molecule has 3 rings (SSSR count). The normalized spacial score (nSPS) is 30.9. The van der Waals surface area contributed by atoms with Gasteiger partial charge in [0.1, 0.15) is 11.9 Å². The largest absolute Gasteiger partial charge is 0.487 e. The van der Waals surface area contributed by atoms with E-state index in [0.29, 0.717) is 6.04 Å². The second-order valence-electron chi connectivity index (χ2n) is 4.97. The lowest BCUT2D eigenvalue weighted by Gasteiger charge is -2.34. The highest BCUT2D eigenvalue weighted by Gasteiger charge is 2.34. The van der Waals surface area contributed by atoms with Crippen LogP contribution in [0.2, 0.25) is 0 Å². The molecule has 0 amide bonds. The van der Waals surface area contributed by atoms with Crippen molar-refractivity contribution in [1.29, 1.82) is 0 Å². The number of rotatable bonds is 2. The summed E-state index contributed by atoms with van der Waals surface area (Å²) in [5, 5.41) is 3.38. The number of hydrogen-bond acceptors (Lipinski definition) is 3. The molecule has 1 saturated heterocycles. The van der Waals surface area contributed by atoms with E-state index in [1.807, 2.05) is 7.05 Å². The van der Waals surface area contributed by atoms with Gasteiger partial charge in [0, 0.05) is 29.1 Å². The van der Waals surface area contributed by atoms with E-state index in [2.05, 4.69) is 39.4 Å². The van der Waals surface area contributed by atoms with Gasteiger partial charge in [-0.05, 0) is 32.0 Å². The van der Waals surface area contributed by atoms with Gasteiger partial charge in [0.25, 0.3) is 0 Å². The molecule has 0 spiro atoms. The average Bonchev–Trinajstić information content (AvgIpc) is 2.90. The molecule has 1 N–H and O–H groups in total. The van der Waals surface area contributed by atoms with Crippen LogP contribution in [0.3, 0.4) is 0 Å². The Bertz CT molecular complexity index is 432. The molecular weight excluding hydrogens is 294 g/mol. The van der Waals surface area contributed by atoms with E-state index in [1.165, 1.54) is 5.56 Å². The third-order valence-electron chi connectivity index (χ3n) is 3.83. The van der Waals surface area contributed by atoms with E-state index in [1.54, 1.807) is 0 Å². The maximum atomic E-state index is 6.13. The first-order chi connectivity index (χ1) is 8.78. The van der Waals surface area contributed by atoms with E-state index in [0.717, 1.165) is 36.1 Å². The van der Waals surface area contributed by atoms with Crippen molar-refractivity contribution in [3.8, 4) is 5.75 Å². The maximum absolute atomic E-state index is 6.13. The van der Waals surface area contributed by atoms with Gasteiger partial charge in [0.05, 0.1) is 6.10 Å². The first-order valence-electron chi connectivity index (χ1n) is 6.53. The molecule has 2 aliphatic rings. The minimum absolute atomic E-state index is 0.173. The quantitative estimate of drug-likeness (QED) is 0.910. The molecule has 3 atom stereocenters. The van der Waals surface area contributed by atoms with Crippen LogP contribution in [0.15, 0.2) is 22.7 Å². The molecule has 0 aromatic heterocycles. The predicted octanol–water partition coefficient (Wildman–Crippen LogP) is 3.04. The van der Waals surface area contributed by atoms with Crippen molar-refractivity contribution in [1.82, 2.24) is 5.32 Å². The summed E-state index contributed by atoms with van der Waals surface area (Å²) in [5.41, 5.74) is 1.25. The van der Waals surface area contributed by atoms with E-state index in [4.69, 9.17) is 9.47 Å². The molecule has 1 fully saturated rings. The van der Waals surface area contributed by atoms with Gasteiger partial charge in [-0.3, -0.25) is 0 Å². The number of benzene rings is 1. The van der Waals surface area contributed by atoms with Crippen molar-refractivity contribution < 1.29 is 9.47 Å². The van der Waals surface area contributed by atoms with Gasteiger partial charge in [0.2, 0.25) is 0 Å². The summed E-state index contributed by atoms with van der Waals surface area (Å²) < 4.78 is 13.0. The Morgan fingerprint density at radius 3 is 2.94 bits per heavy atom. The van der Waals surface area contributed by atoms with Crippen LogP contribution in [-0.2, 0) is 4.74 Å². The molecule has 0 aliphatic carbocycles. The Balaban J connectivity index is 1.87. The third kappa shape index (κ3) is 2.29. The van der Waals surface area contributed by atoms with Crippen molar-refractivity contribution in [2.45, 2.75) is 37.5 Å². The summed E-state index contributed by atoms with van der Waals surface area (Å²) in [4.78, 5) is 0. The van der Waals surface area contributed by atoms with Crippen LogP contribution >= 0.6 is 15.9 Å². The summed E-state index contributed by atoms with van der Waals surface area (Å²) in [6.45, 7) is 0.875. The standard InChI is InChI=1S/C14H18BrNO2/c1-16-11-8-14(12-3-2-6-17-12)18-13-7-9(15)4-5-10(11)13/h4-5,7,11-12,14,16H,2-3,6,8H2,1H3. The molecule has 2 heterocycles. The minimum atomic E-state index is 0.173. The lowest BCUT2D eigenvalue weighted by molar-refractivity contribution is -0.00400. The molecule has 0 radical (unpaired) electrons. The van der Waals surface area contributed by atoms with Gasteiger partial charge in [0.15, 0.2) is 0 Å². The lowest BCUT2D eigenvalue weighted by atomic mass is 9.93. The summed E-state index contributed by atoms with van der Waals surface area (Å²) in [6, 6.07) is 6.61. The van der Waals surface area contributed by atoms with E-state index in [-0.39, 0.29) is 12.2 Å². The van der Waals surface area contributed by atoms with Gasteiger partial charge in [-0.25, -0.2) is 0 Å². The third-order valence-corrected chi connectivity index (χ3v) is 4.32. The fraction of sp³-hybridized carbons (Fsp3) is 0.571. The van der Waals surface area contributed by atoms with Crippen LogP contribution in [0.1, 0.15) is 30.9 Å². The molecule has 18 heavy (non-hydrogen) atoms. The monoisotopic (exact) mass is 311 g/mol. The zero-order valence-corrected chi connectivity index (χ0v) is 12.1. The van der Waals surface area contributed by atoms with Crippen LogP contribution in [0.4, 0.5) is 0 Å². The van der Waals surface area contributed by atoms with Crippen LogP contribution in [0.25, 0.3) is 0 Å². The number of halogens is 1. The summed E-state index contributed by atoms with van der Waals surface area (Å²) in [7, 11) is 2.01. The molecule has 4 heteroatoms. The molecule has 0 saturated carbocycles. The number of ether oxygens (including phenoxy) is 2. The minimum Gasteiger partial charge on any atom is -0.487 e. The zero-order chi connectivity index (χ0) is 12.5. The molecule has 1 aromatic rings. The highest BCUT2D eigenvalue weighted by atomic mass is 79.9. The zero-order valence-electron chi connectivity index (χ0n) is 10.5. The van der Waals surface area contributed by atoms with Crippen molar-refractivity contribution in [3.63, 3.8) is 0 Å². The molecule has 0 bridgehead atoms. The van der Waals surface area contributed by atoms with E-state index < -0.39 is 0 Å². The predicted molar refractivity (Wildman–Crippen MR) is 73.9 cm³/mol. The lowest BCUT2D eigenvalue weighted by Crippen LogP contribution is -2.39. The number of fused-ring (bicyclic) bond motifs is 1. The Labute approximate surface area is 116 Å². The average molecular weight is 312 g/mol. The summed E-state index contributed by atoms with van der Waals surface area (Å²) in [5.74, 6) is 0.982. The molecule has 1 aromatic carbocycles. The second kappa shape index (κ2) is 5.19. The van der Waals surface area contributed by atoms with E-state index in [9.17, 15) is 0 Å². The Hall–Kier alpha value is -0.580. The van der Waals surface area contributed by atoms with Crippen molar-refractivity contribution in [2.24, 2.45) is 0 Å². The van der Waals surface area contributed by atoms with Crippen LogP contribution in [-0.4, -0.2) is 25.9 Å². The smallest absolute Gasteiger partial charge is 0.127 e. The molecule has 2 aliphatic heterocycles. The van der Waals surface area contributed by atoms with E-state index >= 15 is 0 Å². The van der Waals surface area contributed by atoms with Gasteiger partial charge in [-0.1, -0.05) is 22.0 Å². The van der Waals surface area contributed by atoms with Crippen LogP contribution < -0.4 is 10.1 Å². The Morgan fingerprint density at radius 2 is 2.22 bits per heavy atom. The van der Waals surface area contributed by atoms with Gasteiger partial charge < -0.3 is 14.8 Å². The van der Waals surface area contributed by atoms with Gasteiger partial charge >= 0.3 is 0 Å². The van der Waals surface area contributed by atoms with Crippen molar-refractivity contribution >= 4 is 15.9 Å². The van der Waals surface area contributed by atoms with Crippen LogP contribution in [0.5, 0.6) is 5.75 Å². The van der Waals surface area contributed by atoms with Gasteiger partial charge in [-0.15, -0.1) is 0 Å². The first kappa shape index (κ1) is 12.5. The first-order valence-corrected chi connectivity index (χ1v) is 7.32. The van der Waals surface area contributed by atoms with Crippen molar-refractivity contribution in [3.05, 3.63) is 28.2 Å². The summed E-state index contributed by atoms with van der Waals surface area (Å²) in [6.07, 6.45) is 3.68. The summed E-state index contributed by atoms with van der Waals surface area (Å²) >= 11 is 3.50. The molecular formula is C14H18BrNO2. The van der Waals surface area contributed by atoms with Gasteiger partial charge in [-0.2, -0.15) is 0 Å². The molecule has 98 valence electrons. The fourth-order valence-corrected chi connectivity index (χ4v) is 3.21. The maximum Gasteiger partial charge on any atom is 0.127 e. The SMILES string of the molecule is CNC1CC(C2CCCO2)Oc2cc(Br)ccc21. The highest BCUT2D eigenvalue weighted by Crippen LogP contribution is 2.38. The number of nitrogens with one attached hydrogen (secondary N) is 1. The topological polar surface area (TPSA) is 30.5 Å². The fourth-order valence-electron chi connectivity index (χ4n) is 2.87. The molecule has 3 nitrogen and oxygen atoms in total. The highest BCUT2D eigenvalue weighted by molar-refractivity contribution is 9.10. The Kier molecular flexibility index (Phi) is 3.59. The number of hydrogen-bond donors (Lipinski definition) is 1. The van der Waals surface area contributed by atoms with Crippen molar-refractivity contribution in [2.75, 3.05) is 13.7 Å². The van der Waals surface area contributed by atoms with Crippen LogP contribution in [0, 0.1) is 0 Å².